The Bertz CT molecular complexity index is 202. The van der Waals surface area contributed by atoms with Gasteiger partial charge in [-0.25, -0.2) is 0 Å². The Kier molecular flexibility index (Phi) is 4.48. The Hall–Kier alpha value is -0.200. The summed E-state index contributed by atoms with van der Waals surface area (Å²) in [6.45, 7) is 2.86. The summed E-state index contributed by atoms with van der Waals surface area (Å²) in [5.41, 5.74) is -1.59. The van der Waals surface area contributed by atoms with E-state index in [-0.39, 0.29) is 6.54 Å². The van der Waals surface area contributed by atoms with E-state index in [1.807, 2.05) is 4.90 Å². The number of hydrogen-bond donors (Lipinski definition) is 4. The molecule has 1 fully saturated rings. The summed E-state index contributed by atoms with van der Waals surface area (Å²) >= 11 is 0. The van der Waals surface area contributed by atoms with E-state index in [0.29, 0.717) is 6.54 Å². The van der Waals surface area contributed by atoms with Gasteiger partial charge in [0.15, 0.2) is 0 Å². The van der Waals surface area contributed by atoms with Gasteiger partial charge in [0, 0.05) is 13.1 Å². The van der Waals surface area contributed by atoms with Gasteiger partial charge in [-0.05, 0) is 13.0 Å². The van der Waals surface area contributed by atoms with Gasteiger partial charge in [-0.1, -0.05) is 13.3 Å². The first-order valence-electron chi connectivity index (χ1n) is 5.45. The number of likely N-dealkylation sites (tertiary alicyclic amines) is 1. The largest absolute Gasteiger partial charge is 0.393 e. The summed E-state index contributed by atoms with van der Waals surface area (Å²) in [6, 6.07) is 0. The summed E-state index contributed by atoms with van der Waals surface area (Å²) < 4.78 is 0. The molecule has 0 aliphatic carbocycles. The van der Waals surface area contributed by atoms with Crippen LogP contribution in [0, 0.1) is 0 Å². The number of piperidine rings is 1. The molecule has 0 bridgehead atoms. The fourth-order valence-electron chi connectivity index (χ4n) is 1.96. The van der Waals surface area contributed by atoms with Crippen LogP contribution in [0.4, 0.5) is 0 Å². The number of β-amino-alcohol motifs (C(OH)–C–C–N with tert-alkyl or cyclic N) is 2. The molecular weight excluding hydrogens is 198 g/mol. The zero-order chi connectivity index (χ0) is 11.5. The number of hydrogen-bond acceptors (Lipinski definition) is 5. The zero-order valence-electron chi connectivity index (χ0n) is 9.13. The lowest BCUT2D eigenvalue weighted by molar-refractivity contribution is -0.186. The van der Waals surface area contributed by atoms with Crippen LogP contribution in [0.1, 0.15) is 19.8 Å². The predicted molar refractivity (Wildman–Crippen MR) is 55.4 cm³/mol. The van der Waals surface area contributed by atoms with Crippen molar-refractivity contribution >= 4 is 0 Å². The van der Waals surface area contributed by atoms with Crippen LogP contribution >= 0.6 is 0 Å². The maximum absolute atomic E-state index is 9.89. The Morgan fingerprint density at radius 2 is 2.07 bits per heavy atom. The number of aliphatic hydroxyl groups excluding tert-OH is 3. The van der Waals surface area contributed by atoms with Crippen LogP contribution < -0.4 is 0 Å². The van der Waals surface area contributed by atoms with Crippen molar-refractivity contribution in [3.8, 4) is 0 Å². The average molecular weight is 219 g/mol. The second kappa shape index (κ2) is 5.23. The highest BCUT2D eigenvalue weighted by molar-refractivity contribution is 4.98. The van der Waals surface area contributed by atoms with Crippen molar-refractivity contribution in [3.05, 3.63) is 0 Å². The molecule has 15 heavy (non-hydrogen) atoms. The van der Waals surface area contributed by atoms with Crippen LogP contribution in [0.5, 0.6) is 0 Å². The lowest BCUT2D eigenvalue weighted by Gasteiger charge is -2.44. The average Bonchev–Trinajstić information content (AvgIpc) is 2.23. The van der Waals surface area contributed by atoms with Gasteiger partial charge in [0.1, 0.15) is 11.7 Å². The molecular formula is C10H21NO4. The highest BCUT2D eigenvalue weighted by Crippen LogP contribution is 2.22. The maximum atomic E-state index is 9.89. The van der Waals surface area contributed by atoms with E-state index in [4.69, 9.17) is 5.11 Å². The molecule has 3 atom stereocenters. The van der Waals surface area contributed by atoms with Crippen molar-refractivity contribution in [1.29, 1.82) is 0 Å². The normalized spacial score (nSPS) is 38.2. The molecule has 90 valence electrons. The van der Waals surface area contributed by atoms with Crippen molar-refractivity contribution in [2.45, 2.75) is 37.6 Å². The van der Waals surface area contributed by atoms with E-state index in [0.717, 1.165) is 19.4 Å². The molecule has 0 radical (unpaired) electrons. The van der Waals surface area contributed by atoms with Crippen molar-refractivity contribution < 1.29 is 20.4 Å². The van der Waals surface area contributed by atoms with E-state index >= 15 is 0 Å². The van der Waals surface area contributed by atoms with Crippen LogP contribution in [0.15, 0.2) is 0 Å². The molecule has 1 aliphatic rings. The van der Waals surface area contributed by atoms with E-state index in [2.05, 4.69) is 6.92 Å². The monoisotopic (exact) mass is 219 g/mol. The third-order valence-electron chi connectivity index (χ3n) is 2.96. The van der Waals surface area contributed by atoms with Gasteiger partial charge >= 0.3 is 0 Å². The minimum Gasteiger partial charge on any atom is -0.393 e. The minimum atomic E-state index is -1.59. The molecule has 0 saturated carbocycles. The van der Waals surface area contributed by atoms with Gasteiger partial charge < -0.3 is 20.4 Å². The third-order valence-corrected chi connectivity index (χ3v) is 2.96. The van der Waals surface area contributed by atoms with Crippen LogP contribution in [-0.4, -0.2) is 69.4 Å². The van der Waals surface area contributed by atoms with Crippen molar-refractivity contribution in [2.75, 3.05) is 26.2 Å². The van der Waals surface area contributed by atoms with Gasteiger partial charge in [-0.2, -0.15) is 0 Å². The number of aliphatic hydroxyl groups is 4. The fourth-order valence-corrected chi connectivity index (χ4v) is 1.96. The molecule has 1 saturated heterocycles. The van der Waals surface area contributed by atoms with E-state index in [1.165, 1.54) is 0 Å². The summed E-state index contributed by atoms with van der Waals surface area (Å²) in [7, 11) is 0. The summed E-state index contributed by atoms with van der Waals surface area (Å²) in [6.07, 6.45) is -0.245. The van der Waals surface area contributed by atoms with Crippen LogP contribution in [0.3, 0.4) is 0 Å². The predicted octanol–water partition coefficient (Wildman–Crippen LogP) is -1.45. The zero-order valence-corrected chi connectivity index (χ0v) is 9.13. The van der Waals surface area contributed by atoms with Crippen LogP contribution in [0.25, 0.3) is 0 Å². The van der Waals surface area contributed by atoms with Crippen LogP contribution in [-0.2, 0) is 0 Å². The number of rotatable bonds is 4. The molecule has 0 aromatic carbocycles. The molecule has 0 aromatic rings. The molecule has 5 heteroatoms. The van der Waals surface area contributed by atoms with E-state index in [1.54, 1.807) is 0 Å². The third kappa shape index (κ3) is 2.89. The number of unbranched alkanes of at least 4 members (excludes halogenated alkanes) is 1. The number of nitrogens with zero attached hydrogens (tertiary/aromatic N) is 1. The Morgan fingerprint density at radius 3 is 2.60 bits per heavy atom. The molecule has 5 nitrogen and oxygen atoms in total. The lowest BCUT2D eigenvalue weighted by atomic mass is 9.88. The second-order valence-corrected chi connectivity index (χ2v) is 4.36. The van der Waals surface area contributed by atoms with Crippen molar-refractivity contribution in [1.82, 2.24) is 4.90 Å². The first-order chi connectivity index (χ1) is 7.03. The van der Waals surface area contributed by atoms with Crippen molar-refractivity contribution in [2.24, 2.45) is 0 Å². The summed E-state index contributed by atoms with van der Waals surface area (Å²) in [4.78, 5) is 1.87. The topological polar surface area (TPSA) is 84.2 Å². The quantitative estimate of drug-likeness (QED) is 0.465. The lowest BCUT2D eigenvalue weighted by Crippen LogP contribution is -2.65. The van der Waals surface area contributed by atoms with Gasteiger partial charge in [-0.3, -0.25) is 4.90 Å². The van der Waals surface area contributed by atoms with Gasteiger partial charge in [-0.15, -0.1) is 0 Å². The maximum Gasteiger partial charge on any atom is 0.129 e. The molecule has 0 unspecified atom stereocenters. The highest BCUT2D eigenvalue weighted by atomic mass is 16.4. The Balaban J connectivity index is 2.58. The summed E-state index contributed by atoms with van der Waals surface area (Å²) in [5.74, 6) is 0. The minimum absolute atomic E-state index is 0.210. The van der Waals surface area contributed by atoms with Gasteiger partial charge in [0.05, 0.1) is 12.7 Å². The first-order valence-corrected chi connectivity index (χ1v) is 5.45. The highest BCUT2D eigenvalue weighted by Gasteiger charge is 2.45. The molecule has 0 aromatic heterocycles. The molecule has 1 heterocycles. The molecule has 1 aliphatic heterocycles. The Morgan fingerprint density at radius 1 is 1.40 bits per heavy atom. The smallest absolute Gasteiger partial charge is 0.129 e. The van der Waals surface area contributed by atoms with Crippen molar-refractivity contribution in [3.63, 3.8) is 0 Å². The molecule has 4 N–H and O–H groups in total. The molecule has 1 rings (SSSR count). The van der Waals surface area contributed by atoms with Crippen LogP contribution in [0.2, 0.25) is 0 Å². The second-order valence-electron chi connectivity index (χ2n) is 4.36. The summed E-state index contributed by atoms with van der Waals surface area (Å²) in [5, 5.41) is 38.0. The SMILES string of the molecule is CCCCN1C[C@@H](O)[C@H](O)[C@@](O)(CO)C1. The molecule has 0 spiro atoms. The Labute approximate surface area is 90.0 Å². The van der Waals surface area contributed by atoms with Gasteiger partial charge in [0.2, 0.25) is 0 Å². The van der Waals surface area contributed by atoms with Gasteiger partial charge in [0.25, 0.3) is 0 Å². The standard InChI is InChI=1S/C10H21NO4/c1-2-3-4-11-5-8(13)9(14)10(15,6-11)7-12/h8-9,12-15H,2-7H2,1H3/t8-,9+,10+/m1/s1. The van der Waals surface area contributed by atoms with E-state index in [9.17, 15) is 15.3 Å². The fraction of sp³-hybridized carbons (Fsp3) is 1.00. The first kappa shape index (κ1) is 12.9. The van der Waals surface area contributed by atoms with E-state index < -0.39 is 24.4 Å². The molecule has 0 amide bonds.